The van der Waals surface area contributed by atoms with Crippen molar-refractivity contribution in [2.75, 3.05) is 27.4 Å². The van der Waals surface area contributed by atoms with Gasteiger partial charge in [0.05, 0.1) is 19.4 Å². The van der Waals surface area contributed by atoms with Crippen molar-refractivity contribution in [2.24, 2.45) is 4.99 Å². The summed E-state index contributed by atoms with van der Waals surface area (Å²) in [6.45, 7) is 2.61. The Balaban J connectivity index is 1.77. The van der Waals surface area contributed by atoms with E-state index in [1.165, 1.54) is 0 Å². The van der Waals surface area contributed by atoms with E-state index in [0.29, 0.717) is 26.3 Å². The smallest absolute Gasteiger partial charge is 0.191 e. The van der Waals surface area contributed by atoms with Crippen molar-refractivity contribution in [3.05, 3.63) is 54.0 Å². The monoisotopic (exact) mass is 331 g/mol. The van der Waals surface area contributed by atoms with Gasteiger partial charge in [0.25, 0.3) is 0 Å². The van der Waals surface area contributed by atoms with E-state index in [2.05, 4.69) is 21.7 Å². The molecule has 1 heterocycles. The van der Waals surface area contributed by atoms with E-state index in [9.17, 15) is 0 Å². The molecule has 1 aromatic carbocycles. The minimum absolute atomic E-state index is 0.593. The van der Waals surface area contributed by atoms with Crippen LogP contribution >= 0.6 is 0 Å². The second kappa shape index (κ2) is 10.3. The van der Waals surface area contributed by atoms with E-state index in [0.717, 1.165) is 29.5 Å². The molecule has 0 radical (unpaired) electrons. The number of furan rings is 1. The molecule has 2 rings (SSSR count). The molecule has 2 aromatic rings. The van der Waals surface area contributed by atoms with E-state index >= 15 is 0 Å². The maximum Gasteiger partial charge on any atom is 0.191 e. The van der Waals surface area contributed by atoms with Crippen molar-refractivity contribution in [1.29, 1.82) is 0 Å². The molecule has 6 nitrogen and oxygen atoms in total. The van der Waals surface area contributed by atoms with Crippen LogP contribution in [-0.4, -0.2) is 33.3 Å². The number of nitrogens with zero attached hydrogens (tertiary/aromatic N) is 1. The predicted octanol–water partition coefficient (Wildman–Crippen LogP) is 2.56. The van der Waals surface area contributed by atoms with Crippen LogP contribution in [0.4, 0.5) is 0 Å². The summed E-state index contributed by atoms with van der Waals surface area (Å²) in [4.78, 5) is 4.20. The molecule has 0 aliphatic rings. The van der Waals surface area contributed by atoms with Gasteiger partial charge in [0.15, 0.2) is 5.96 Å². The van der Waals surface area contributed by atoms with E-state index in [1.807, 2.05) is 30.3 Å². The lowest BCUT2D eigenvalue weighted by Gasteiger charge is -2.12. The zero-order valence-corrected chi connectivity index (χ0v) is 14.2. The molecule has 0 amide bonds. The van der Waals surface area contributed by atoms with Gasteiger partial charge in [0.2, 0.25) is 0 Å². The Morgan fingerprint density at radius 3 is 2.75 bits per heavy atom. The molecule has 2 N–H and O–H groups in total. The fraction of sp³-hybridized carbons (Fsp3) is 0.389. The summed E-state index contributed by atoms with van der Waals surface area (Å²) in [6.07, 6.45) is 2.54. The van der Waals surface area contributed by atoms with Crippen molar-refractivity contribution >= 4 is 5.96 Å². The second-order valence-electron chi connectivity index (χ2n) is 5.20. The van der Waals surface area contributed by atoms with E-state index in [1.54, 1.807) is 20.4 Å². The Kier molecular flexibility index (Phi) is 7.70. The fourth-order valence-corrected chi connectivity index (χ4v) is 2.13. The van der Waals surface area contributed by atoms with Gasteiger partial charge in [-0.1, -0.05) is 12.1 Å². The van der Waals surface area contributed by atoms with Gasteiger partial charge in [-0.3, -0.25) is 4.99 Å². The quantitative estimate of drug-likeness (QED) is 0.420. The molecular formula is C18H25N3O3. The number of benzene rings is 1. The molecule has 0 spiro atoms. The van der Waals surface area contributed by atoms with Gasteiger partial charge in [-0.2, -0.15) is 0 Å². The fourth-order valence-electron chi connectivity index (χ4n) is 2.13. The summed E-state index contributed by atoms with van der Waals surface area (Å²) in [7, 11) is 3.44. The number of methoxy groups -OCH3 is 1. The number of aliphatic imine (C=N–C) groups is 1. The van der Waals surface area contributed by atoms with Gasteiger partial charge in [-0.05, 0) is 29.8 Å². The zero-order chi connectivity index (χ0) is 17.0. The molecule has 1 aromatic heterocycles. The number of ether oxygens (including phenoxy) is 2. The Morgan fingerprint density at radius 2 is 2.00 bits per heavy atom. The third-order valence-electron chi connectivity index (χ3n) is 3.35. The summed E-state index contributed by atoms with van der Waals surface area (Å²) in [6, 6.07) is 11.8. The SMILES string of the molecule is CN=C(NCc1cccc(OCCCOC)c1)NCc1ccco1. The Bertz CT molecular complexity index is 612. The number of rotatable bonds is 9. The van der Waals surface area contributed by atoms with Crippen molar-refractivity contribution in [3.8, 4) is 5.75 Å². The number of guanidine groups is 1. The molecule has 0 bridgehead atoms. The van der Waals surface area contributed by atoms with Crippen LogP contribution < -0.4 is 15.4 Å². The molecule has 0 unspecified atom stereocenters. The average molecular weight is 331 g/mol. The number of hydrogen-bond donors (Lipinski definition) is 2. The minimum atomic E-state index is 0.593. The summed E-state index contributed by atoms with van der Waals surface area (Å²) in [5.41, 5.74) is 1.13. The van der Waals surface area contributed by atoms with Gasteiger partial charge < -0.3 is 24.5 Å². The van der Waals surface area contributed by atoms with E-state index in [-0.39, 0.29) is 0 Å². The first kappa shape index (κ1) is 17.9. The van der Waals surface area contributed by atoms with Gasteiger partial charge in [0, 0.05) is 33.7 Å². The lowest BCUT2D eigenvalue weighted by Crippen LogP contribution is -2.36. The van der Waals surface area contributed by atoms with Crippen LogP contribution in [0.5, 0.6) is 5.75 Å². The summed E-state index contributed by atoms with van der Waals surface area (Å²) in [5.74, 6) is 2.45. The summed E-state index contributed by atoms with van der Waals surface area (Å²) >= 11 is 0. The highest BCUT2D eigenvalue weighted by Crippen LogP contribution is 2.13. The molecular weight excluding hydrogens is 306 g/mol. The first-order valence-electron chi connectivity index (χ1n) is 7.99. The van der Waals surface area contributed by atoms with Gasteiger partial charge >= 0.3 is 0 Å². The number of nitrogens with one attached hydrogen (secondary N) is 2. The number of hydrogen-bond acceptors (Lipinski definition) is 4. The average Bonchev–Trinajstić information content (AvgIpc) is 3.13. The van der Waals surface area contributed by atoms with Crippen molar-refractivity contribution in [3.63, 3.8) is 0 Å². The molecule has 6 heteroatoms. The van der Waals surface area contributed by atoms with Crippen molar-refractivity contribution < 1.29 is 13.9 Å². The van der Waals surface area contributed by atoms with Crippen molar-refractivity contribution in [2.45, 2.75) is 19.5 Å². The molecule has 0 atom stereocenters. The molecule has 0 fully saturated rings. The highest BCUT2D eigenvalue weighted by atomic mass is 16.5. The van der Waals surface area contributed by atoms with Crippen LogP contribution in [0.3, 0.4) is 0 Å². The predicted molar refractivity (Wildman–Crippen MR) is 94.2 cm³/mol. The van der Waals surface area contributed by atoms with Crippen LogP contribution in [-0.2, 0) is 17.8 Å². The molecule has 0 aliphatic carbocycles. The topological polar surface area (TPSA) is 68.0 Å². The normalized spacial score (nSPS) is 11.3. The maximum absolute atomic E-state index is 5.71. The molecule has 0 saturated carbocycles. The lowest BCUT2D eigenvalue weighted by molar-refractivity contribution is 0.172. The van der Waals surface area contributed by atoms with E-state index in [4.69, 9.17) is 13.9 Å². The Morgan fingerprint density at radius 1 is 1.12 bits per heavy atom. The van der Waals surface area contributed by atoms with Gasteiger partial charge in [-0.25, -0.2) is 0 Å². The standard InChI is InChI=1S/C18H25N3O3/c1-19-18(21-14-17-8-4-10-24-17)20-13-15-6-3-7-16(12-15)23-11-5-9-22-2/h3-4,6-8,10,12H,5,9,11,13-14H2,1-2H3,(H2,19,20,21). The van der Waals surface area contributed by atoms with Crippen molar-refractivity contribution in [1.82, 2.24) is 10.6 Å². The Hall–Kier alpha value is -2.47. The first-order chi connectivity index (χ1) is 11.8. The van der Waals surface area contributed by atoms with Crippen LogP contribution in [0.15, 0.2) is 52.1 Å². The van der Waals surface area contributed by atoms with Crippen LogP contribution in [0.2, 0.25) is 0 Å². The summed E-state index contributed by atoms with van der Waals surface area (Å²) in [5, 5.41) is 6.48. The Labute approximate surface area is 142 Å². The third-order valence-corrected chi connectivity index (χ3v) is 3.35. The highest BCUT2D eigenvalue weighted by molar-refractivity contribution is 5.79. The molecule has 0 aliphatic heterocycles. The second-order valence-corrected chi connectivity index (χ2v) is 5.20. The van der Waals surface area contributed by atoms with Crippen LogP contribution in [0.25, 0.3) is 0 Å². The third kappa shape index (κ3) is 6.34. The zero-order valence-electron chi connectivity index (χ0n) is 14.2. The van der Waals surface area contributed by atoms with Gasteiger partial charge in [-0.15, -0.1) is 0 Å². The minimum Gasteiger partial charge on any atom is -0.493 e. The summed E-state index contributed by atoms with van der Waals surface area (Å²) < 4.78 is 16.0. The first-order valence-corrected chi connectivity index (χ1v) is 7.99. The van der Waals surface area contributed by atoms with E-state index < -0.39 is 0 Å². The maximum atomic E-state index is 5.71. The van der Waals surface area contributed by atoms with Gasteiger partial charge in [0.1, 0.15) is 11.5 Å². The molecule has 24 heavy (non-hydrogen) atoms. The highest BCUT2D eigenvalue weighted by Gasteiger charge is 2.02. The molecule has 0 saturated heterocycles. The van der Waals surface area contributed by atoms with Crippen LogP contribution in [0.1, 0.15) is 17.7 Å². The molecule has 130 valence electrons. The van der Waals surface area contributed by atoms with Crippen LogP contribution in [0, 0.1) is 0 Å². The lowest BCUT2D eigenvalue weighted by atomic mass is 10.2. The largest absolute Gasteiger partial charge is 0.493 e.